The molecule has 0 aliphatic carbocycles. The highest BCUT2D eigenvalue weighted by Crippen LogP contribution is 2.37. The fourth-order valence-electron chi connectivity index (χ4n) is 2.80. The molecule has 2 aromatic carbocycles. The molecular formula is C26H39NO4Si. The van der Waals surface area contributed by atoms with Crippen molar-refractivity contribution >= 4 is 14.4 Å². The van der Waals surface area contributed by atoms with Gasteiger partial charge in [-0.2, -0.15) is 0 Å². The van der Waals surface area contributed by atoms with Crippen molar-refractivity contribution in [3.63, 3.8) is 0 Å². The van der Waals surface area contributed by atoms with E-state index in [1.807, 2.05) is 75.4 Å². The van der Waals surface area contributed by atoms with E-state index in [1.165, 1.54) is 0 Å². The summed E-state index contributed by atoms with van der Waals surface area (Å²) < 4.78 is 18.1. The van der Waals surface area contributed by atoms with Gasteiger partial charge in [-0.05, 0) is 50.5 Å². The zero-order chi connectivity index (χ0) is 24.0. The van der Waals surface area contributed by atoms with Crippen LogP contribution < -0.4 is 10.1 Å². The fourth-order valence-corrected chi connectivity index (χ4v) is 3.82. The van der Waals surface area contributed by atoms with Crippen LogP contribution in [0.2, 0.25) is 18.1 Å². The SMILES string of the molecule is CC(C)(C)OC(=O)NC(CO[Si](C)(C)C(C)(C)C)c1ccccc1OCc1ccccc1. The molecule has 0 radical (unpaired) electrons. The summed E-state index contributed by atoms with van der Waals surface area (Å²) in [7, 11) is -2.02. The van der Waals surface area contributed by atoms with Crippen LogP contribution in [0.3, 0.4) is 0 Å². The maximum absolute atomic E-state index is 12.6. The van der Waals surface area contributed by atoms with Crippen molar-refractivity contribution in [2.24, 2.45) is 0 Å². The molecule has 5 nitrogen and oxygen atoms in total. The Morgan fingerprint density at radius 2 is 1.53 bits per heavy atom. The number of carbonyl (C=O) groups is 1. The van der Waals surface area contributed by atoms with Crippen LogP contribution in [0.4, 0.5) is 4.79 Å². The van der Waals surface area contributed by atoms with Gasteiger partial charge in [0.05, 0.1) is 12.6 Å². The summed E-state index contributed by atoms with van der Waals surface area (Å²) in [6.07, 6.45) is -0.473. The lowest BCUT2D eigenvalue weighted by Crippen LogP contribution is -2.44. The third kappa shape index (κ3) is 7.99. The van der Waals surface area contributed by atoms with E-state index in [1.54, 1.807) is 0 Å². The molecule has 0 saturated heterocycles. The highest BCUT2D eigenvalue weighted by atomic mass is 28.4. The Hall–Kier alpha value is -2.31. The minimum Gasteiger partial charge on any atom is -0.489 e. The third-order valence-electron chi connectivity index (χ3n) is 5.64. The van der Waals surface area contributed by atoms with Gasteiger partial charge in [0.25, 0.3) is 0 Å². The summed E-state index contributed by atoms with van der Waals surface area (Å²) in [4.78, 5) is 12.6. The zero-order valence-electron chi connectivity index (χ0n) is 20.8. The molecule has 0 aliphatic heterocycles. The standard InChI is InChI=1S/C26H39NO4Si/c1-25(2,3)31-24(28)27-22(19-30-32(7,8)26(4,5)6)21-16-12-13-17-23(21)29-18-20-14-10-9-11-15-20/h9-17,22H,18-19H2,1-8H3,(H,27,28). The minimum absolute atomic E-state index is 0.0623. The van der Waals surface area contributed by atoms with Crippen molar-refractivity contribution in [3.8, 4) is 5.75 Å². The molecule has 0 heterocycles. The first kappa shape index (κ1) is 25.9. The summed E-state index contributed by atoms with van der Waals surface area (Å²) >= 11 is 0. The molecule has 2 rings (SSSR count). The van der Waals surface area contributed by atoms with Crippen molar-refractivity contribution in [2.45, 2.75) is 77.9 Å². The third-order valence-corrected chi connectivity index (χ3v) is 10.1. The average molecular weight is 458 g/mol. The highest BCUT2D eigenvalue weighted by molar-refractivity contribution is 6.74. The second kappa shape index (κ2) is 10.5. The topological polar surface area (TPSA) is 56.8 Å². The van der Waals surface area contributed by atoms with E-state index in [-0.39, 0.29) is 5.04 Å². The second-order valence-electron chi connectivity index (χ2n) is 10.6. The van der Waals surface area contributed by atoms with Gasteiger partial charge < -0.3 is 19.2 Å². The number of rotatable bonds is 8. The summed E-state index contributed by atoms with van der Waals surface area (Å²) in [6, 6.07) is 17.4. The predicted octanol–water partition coefficient (Wildman–Crippen LogP) is 6.85. The number of carbonyl (C=O) groups excluding carboxylic acids is 1. The molecule has 1 unspecified atom stereocenters. The van der Waals surface area contributed by atoms with Gasteiger partial charge in [0.2, 0.25) is 0 Å². The molecule has 0 saturated carbocycles. The fraction of sp³-hybridized carbons (Fsp3) is 0.500. The number of benzene rings is 2. The minimum atomic E-state index is -2.02. The molecule has 32 heavy (non-hydrogen) atoms. The Morgan fingerprint density at radius 1 is 0.938 bits per heavy atom. The number of ether oxygens (including phenoxy) is 2. The molecule has 1 amide bonds. The lowest BCUT2D eigenvalue weighted by Gasteiger charge is -2.37. The number of hydrogen-bond donors (Lipinski definition) is 1. The molecule has 1 atom stereocenters. The molecule has 0 aromatic heterocycles. The van der Waals surface area contributed by atoms with Gasteiger partial charge in [0.1, 0.15) is 18.0 Å². The summed E-state index contributed by atoms with van der Waals surface area (Å²) in [6.45, 7) is 17.4. The maximum Gasteiger partial charge on any atom is 0.408 e. The van der Waals surface area contributed by atoms with Crippen LogP contribution in [-0.4, -0.2) is 26.6 Å². The van der Waals surface area contributed by atoms with E-state index in [9.17, 15) is 4.79 Å². The Morgan fingerprint density at radius 3 is 2.12 bits per heavy atom. The van der Waals surface area contributed by atoms with Crippen LogP contribution >= 0.6 is 0 Å². The van der Waals surface area contributed by atoms with Crippen molar-refractivity contribution in [1.29, 1.82) is 0 Å². The zero-order valence-corrected chi connectivity index (χ0v) is 21.8. The summed E-state index contributed by atoms with van der Waals surface area (Å²) in [5.41, 5.74) is 1.36. The molecule has 176 valence electrons. The smallest absolute Gasteiger partial charge is 0.408 e. The molecule has 0 bridgehead atoms. The van der Waals surface area contributed by atoms with E-state index in [4.69, 9.17) is 13.9 Å². The van der Waals surface area contributed by atoms with E-state index in [0.717, 1.165) is 16.9 Å². The van der Waals surface area contributed by atoms with Crippen LogP contribution in [0.1, 0.15) is 58.7 Å². The largest absolute Gasteiger partial charge is 0.489 e. The maximum atomic E-state index is 12.6. The molecule has 6 heteroatoms. The van der Waals surface area contributed by atoms with Gasteiger partial charge in [0, 0.05) is 5.56 Å². The van der Waals surface area contributed by atoms with Crippen LogP contribution in [-0.2, 0) is 15.8 Å². The number of nitrogens with one attached hydrogen (secondary N) is 1. The lowest BCUT2D eigenvalue weighted by molar-refractivity contribution is 0.0483. The van der Waals surface area contributed by atoms with Gasteiger partial charge in [-0.25, -0.2) is 4.79 Å². The molecule has 0 fully saturated rings. The van der Waals surface area contributed by atoms with Gasteiger partial charge >= 0.3 is 6.09 Å². The van der Waals surface area contributed by atoms with Crippen LogP contribution in [0, 0.1) is 0 Å². The van der Waals surface area contributed by atoms with Crippen LogP contribution in [0.5, 0.6) is 5.75 Å². The molecule has 1 N–H and O–H groups in total. The van der Waals surface area contributed by atoms with Gasteiger partial charge in [-0.3, -0.25) is 0 Å². The molecular weight excluding hydrogens is 418 g/mol. The van der Waals surface area contributed by atoms with E-state index >= 15 is 0 Å². The molecule has 2 aromatic rings. The van der Waals surface area contributed by atoms with Crippen molar-refractivity contribution in [3.05, 3.63) is 65.7 Å². The molecule has 0 aliphatic rings. The Bertz CT molecular complexity index is 869. The van der Waals surface area contributed by atoms with Crippen molar-refractivity contribution in [1.82, 2.24) is 5.32 Å². The Labute approximate surface area is 194 Å². The number of para-hydroxylation sites is 1. The number of hydrogen-bond acceptors (Lipinski definition) is 4. The van der Waals surface area contributed by atoms with Gasteiger partial charge in [-0.15, -0.1) is 0 Å². The van der Waals surface area contributed by atoms with Crippen molar-refractivity contribution < 1.29 is 18.7 Å². The second-order valence-corrected chi connectivity index (χ2v) is 15.4. The first-order chi connectivity index (χ1) is 14.8. The Balaban J connectivity index is 2.26. The first-order valence-corrected chi connectivity index (χ1v) is 14.1. The quantitative estimate of drug-likeness (QED) is 0.440. The summed E-state index contributed by atoms with van der Waals surface area (Å²) in [5, 5.41) is 3.07. The van der Waals surface area contributed by atoms with E-state index in [0.29, 0.717) is 13.2 Å². The molecule has 0 spiro atoms. The van der Waals surface area contributed by atoms with E-state index in [2.05, 4.69) is 39.2 Å². The highest BCUT2D eigenvalue weighted by Gasteiger charge is 2.38. The normalized spacial score (nSPS) is 13.4. The summed E-state index contributed by atoms with van der Waals surface area (Å²) in [5.74, 6) is 0.719. The van der Waals surface area contributed by atoms with Crippen LogP contribution in [0.25, 0.3) is 0 Å². The number of alkyl carbamates (subject to hydrolysis) is 1. The average Bonchev–Trinajstić information content (AvgIpc) is 2.68. The monoisotopic (exact) mass is 457 g/mol. The van der Waals surface area contributed by atoms with Crippen LogP contribution in [0.15, 0.2) is 54.6 Å². The van der Waals surface area contributed by atoms with Crippen molar-refractivity contribution in [2.75, 3.05) is 6.61 Å². The predicted molar refractivity (Wildman–Crippen MR) is 132 cm³/mol. The Kier molecular flexibility index (Phi) is 8.54. The van der Waals surface area contributed by atoms with Gasteiger partial charge in [-0.1, -0.05) is 69.3 Å². The first-order valence-electron chi connectivity index (χ1n) is 11.2. The van der Waals surface area contributed by atoms with Gasteiger partial charge in [0.15, 0.2) is 8.32 Å². The number of amides is 1. The van der Waals surface area contributed by atoms with E-state index < -0.39 is 26.1 Å². The lowest BCUT2D eigenvalue weighted by atomic mass is 10.1.